The van der Waals surface area contributed by atoms with Gasteiger partial charge >= 0.3 is 0 Å². The Morgan fingerprint density at radius 1 is 1.26 bits per heavy atom. The molecule has 1 fully saturated rings. The normalized spacial score (nSPS) is 22.6. The largest absolute Gasteiger partial charge is 0.326 e. The van der Waals surface area contributed by atoms with Gasteiger partial charge in [0.15, 0.2) is 0 Å². The molecule has 0 bridgehead atoms. The van der Waals surface area contributed by atoms with Gasteiger partial charge in [0.05, 0.1) is 17.0 Å². The number of benzene rings is 1. The maximum absolute atomic E-state index is 12.2. The van der Waals surface area contributed by atoms with Gasteiger partial charge in [-0.2, -0.15) is 0 Å². The summed E-state index contributed by atoms with van der Waals surface area (Å²) in [6, 6.07) is 5.59. The van der Waals surface area contributed by atoms with Crippen molar-refractivity contribution in [3.63, 3.8) is 0 Å². The smallest absolute Gasteiger partial charge is 0.229 e. The molecule has 19 heavy (non-hydrogen) atoms. The molecule has 0 radical (unpaired) electrons. The number of anilines is 1. The lowest BCUT2D eigenvalue weighted by Crippen LogP contribution is -2.27. The number of rotatable bonds is 2. The summed E-state index contributed by atoms with van der Waals surface area (Å²) in [6.45, 7) is 3.75. The second-order valence-electron chi connectivity index (χ2n) is 4.99. The van der Waals surface area contributed by atoms with Crippen LogP contribution >= 0.6 is 0 Å². The molecule has 1 saturated heterocycles. The van der Waals surface area contributed by atoms with Crippen LogP contribution in [0.1, 0.15) is 6.92 Å². The van der Waals surface area contributed by atoms with Crippen LogP contribution in [0.3, 0.4) is 0 Å². The summed E-state index contributed by atoms with van der Waals surface area (Å²) in [7, 11) is 0. The van der Waals surface area contributed by atoms with Crippen molar-refractivity contribution in [2.24, 2.45) is 11.8 Å². The van der Waals surface area contributed by atoms with Crippen LogP contribution < -0.4 is 10.6 Å². The van der Waals surface area contributed by atoms with Gasteiger partial charge in [-0.3, -0.25) is 14.8 Å². The number of hydrogen-bond acceptors (Lipinski definition) is 4. The average Bonchev–Trinajstić information content (AvgIpc) is 2.85. The Hall–Kier alpha value is -2.01. The van der Waals surface area contributed by atoms with Crippen molar-refractivity contribution in [3.05, 3.63) is 30.6 Å². The number of hydrogen-bond donors (Lipinski definition) is 2. The number of amides is 1. The Bertz CT molecular complexity index is 613. The van der Waals surface area contributed by atoms with E-state index < -0.39 is 0 Å². The Morgan fingerprint density at radius 2 is 2.05 bits per heavy atom. The van der Waals surface area contributed by atoms with Crippen LogP contribution in [-0.2, 0) is 4.79 Å². The molecule has 1 aromatic carbocycles. The van der Waals surface area contributed by atoms with E-state index in [-0.39, 0.29) is 11.8 Å². The first-order valence-electron chi connectivity index (χ1n) is 6.46. The Morgan fingerprint density at radius 3 is 2.79 bits per heavy atom. The lowest BCUT2D eigenvalue weighted by atomic mass is 9.97. The number of nitrogens with one attached hydrogen (secondary N) is 2. The molecule has 0 aliphatic carbocycles. The van der Waals surface area contributed by atoms with Crippen molar-refractivity contribution in [3.8, 4) is 0 Å². The zero-order valence-electron chi connectivity index (χ0n) is 10.8. The lowest BCUT2D eigenvalue weighted by molar-refractivity contribution is -0.120. The fourth-order valence-corrected chi connectivity index (χ4v) is 2.44. The second kappa shape index (κ2) is 4.93. The fourth-order valence-electron chi connectivity index (χ4n) is 2.44. The number of carbonyl (C=O) groups is 1. The van der Waals surface area contributed by atoms with Gasteiger partial charge < -0.3 is 10.6 Å². The van der Waals surface area contributed by atoms with Gasteiger partial charge in [-0.05, 0) is 30.7 Å². The van der Waals surface area contributed by atoms with Crippen molar-refractivity contribution < 1.29 is 4.79 Å². The Labute approximate surface area is 111 Å². The van der Waals surface area contributed by atoms with Crippen LogP contribution in [-0.4, -0.2) is 29.0 Å². The quantitative estimate of drug-likeness (QED) is 0.853. The molecule has 2 atom stereocenters. The van der Waals surface area contributed by atoms with Crippen LogP contribution in [0.25, 0.3) is 11.0 Å². The number of aromatic nitrogens is 2. The van der Waals surface area contributed by atoms with Crippen LogP contribution in [0.2, 0.25) is 0 Å². The van der Waals surface area contributed by atoms with E-state index in [1.165, 1.54) is 0 Å². The molecule has 1 aliphatic heterocycles. The molecule has 5 nitrogen and oxygen atoms in total. The van der Waals surface area contributed by atoms with Gasteiger partial charge in [0.1, 0.15) is 0 Å². The van der Waals surface area contributed by atoms with Crippen molar-refractivity contribution in [1.82, 2.24) is 15.3 Å². The highest BCUT2D eigenvalue weighted by Crippen LogP contribution is 2.20. The maximum atomic E-state index is 12.2. The van der Waals surface area contributed by atoms with Gasteiger partial charge in [0.2, 0.25) is 5.91 Å². The monoisotopic (exact) mass is 256 g/mol. The minimum absolute atomic E-state index is 0.0394. The first-order valence-corrected chi connectivity index (χ1v) is 6.46. The van der Waals surface area contributed by atoms with Crippen LogP contribution in [0.15, 0.2) is 30.6 Å². The predicted molar refractivity (Wildman–Crippen MR) is 73.7 cm³/mol. The topological polar surface area (TPSA) is 66.9 Å². The van der Waals surface area contributed by atoms with Crippen molar-refractivity contribution in [2.75, 3.05) is 18.4 Å². The SMILES string of the molecule is C[C@@H]1CNC[C@H]1C(=O)Nc1ccc2nccnc2c1. The molecule has 1 aromatic heterocycles. The van der Waals surface area contributed by atoms with E-state index in [0.29, 0.717) is 5.92 Å². The highest BCUT2D eigenvalue weighted by Gasteiger charge is 2.29. The molecule has 1 amide bonds. The summed E-state index contributed by atoms with van der Waals surface area (Å²) in [4.78, 5) is 20.6. The molecular weight excluding hydrogens is 240 g/mol. The number of carbonyl (C=O) groups excluding carboxylic acids is 1. The zero-order valence-corrected chi connectivity index (χ0v) is 10.8. The second-order valence-corrected chi connectivity index (χ2v) is 4.99. The van der Waals surface area contributed by atoms with Crippen molar-refractivity contribution in [1.29, 1.82) is 0 Å². The van der Waals surface area contributed by atoms with Crippen LogP contribution in [0, 0.1) is 11.8 Å². The zero-order chi connectivity index (χ0) is 13.2. The van der Waals surface area contributed by atoms with Crippen molar-refractivity contribution in [2.45, 2.75) is 6.92 Å². The first kappa shape index (κ1) is 12.0. The molecule has 2 N–H and O–H groups in total. The van der Waals surface area contributed by atoms with E-state index >= 15 is 0 Å². The molecule has 5 heteroatoms. The lowest BCUT2D eigenvalue weighted by Gasteiger charge is -2.14. The van der Waals surface area contributed by atoms with Crippen molar-refractivity contribution >= 4 is 22.6 Å². The molecule has 1 aliphatic rings. The molecule has 98 valence electrons. The molecule has 2 aromatic rings. The minimum Gasteiger partial charge on any atom is -0.326 e. The summed E-state index contributed by atoms with van der Waals surface area (Å²) in [5.41, 5.74) is 2.39. The molecular formula is C14H16N4O. The Kier molecular flexibility index (Phi) is 3.13. The fraction of sp³-hybridized carbons (Fsp3) is 0.357. The standard InChI is InChI=1S/C14H16N4O/c1-9-7-15-8-11(9)14(19)18-10-2-3-12-13(6-10)17-5-4-16-12/h2-6,9,11,15H,7-8H2,1H3,(H,18,19)/t9-,11-/m1/s1. The molecule has 3 rings (SSSR count). The van der Waals surface area contributed by atoms with E-state index in [1.807, 2.05) is 18.2 Å². The summed E-state index contributed by atoms with van der Waals surface area (Å²) >= 11 is 0. The Balaban J connectivity index is 1.79. The van der Waals surface area contributed by atoms with E-state index in [0.717, 1.165) is 29.8 Å². The highest BCUT2D eigenvalue weighted by atomic mass is 16.1. The minimum atomic E-state index is 0.0394. The van der Waals surface area contributed by atoms with Gasteiger partial charge in [-0.15, -0.1) is 0 Å². The average molecular weight is 256 g/mol. The third-order valence-electron chi connectivity index (χ3n) is 3.59. The van der Waals surface area contributed by atoms with Crippen LogP contribution in [0.4, 0.5) is 5.69 Å². The maximum Gasteiger partial charge on any atom is 0.229 e. The molecule has 0 saturated carbocycles. The third-order valence-corrected chi connectivity index (χ3v) is 3.59. The highest BCUT2D eigenvalue weighted by molar-refractivity contribution is 5.94. The third kappa shape index (κ3) is 2.42. The van der Waals surface area contributed by atoms with E-state index in [4.69, 9.17) is 0 Å². The summed E-state index contributed by atoms with van der Waals surface area (Å²) in [5.74, 6) is 0.485. The van der Waals surface area contributed by atoms with E-state index in [1.54, 1.807) is 12.4 Å². The summed E-state index contributed by atoms with van der Waals surface area (Å²) in [5, 5.41) is 6.19. The van der Waals surface area contributed by atoms with Gasteiger partial charge in [0, 0.05) is 24.6 Å². The molecule has 0 spiro atoms. The molecule has 2 heterocycles. The van der Waals surface area contributed by atoms with Gasteiger partial charge in [0.25, 0.3) is 0 Å². The van der Waals surface area contributed by atoms with E-state index in [9.17, 15) is 4.79 Å². The van der Waals surface area contributed by atoms with Gasteiger partial charge in [-0.1, -0.05) is 6.92 Å². The van der Waals surface area contributed by atoms with Gasteiger partial charge in [-0.25, -0.2) is 0 Å². The predicted octanol–water partition coefficient (Wildman–Crippen LogP) is 1.42. The molecule has 0 unspecified atom stereocenters. The van der Waals surface area contributed by atoms with E-state index in [2.05, 4.69) is 27.5 Å². The first-order chi connectivity index (χ1) is 9.24. The number of fused-ring (bicyclic) bond motifs is 1. The van der Waals surface area contributed by atoms with Crippen LogP contribution in [0.5, 0.6) is 0 Å². The summed E-state index contributed by atoms with van der Waals surface area (Å²) < 4.78 is 0. The number of nitrogens with zero attached hydrogens (tertiary/aromatic N) is 2. The summed E-state index contributed by atoms with van der Waals surface area (Å²) in [6.07, 6.45) is 3.31.